The first-order valence-corrected chi connectivity index (χ1v) is 6.15. The molecule has 1 aromatic rings. The van der Waals surface area contributed by atoms with Crippen LogP contribution < -0.4 is 5.73 Å². The molecule has 16 heavy (non-hydrogen) atoms. The summed E-state index contributed by atoms with van der Waals surface area (Å²) in [6, 6.07) is 0. The molecule has 0 saturated carbocycles. The third-order valence-electron chi connectivity index (χ3n) is 2.02. The van der Waals surface area contributed by atoms with Gasteiger partial charge in [-0.3, -0.25) is 5.41 Å². The van der Waals surface area contributed by atoms with Gasteiger partial charge in [-0.05, 0) is 0 Å². The van der Waals surface area contributed by atoms with Gasteiger partial charge in [0.2, 0.25) is 0 Å². The highest BCUT2D eigenvalue weighted by Gasteiger charge is 2.23. The smallest absolute Gasteiger partial charge is 0.260 e. The zero-order chi connectivity index (χ0) is 12.3. The van der Waals surface area contributed by atoms with Crippen molar-refractivity contribution in [1.82, 2.24) is 14.3 Å². The summed E-state index contributed by atoms with van der Waals surface area (Å²) in [5.41, 5.74) is 5.15. The van der Waals surface area contributed by atoms with Gasteiger partial charge in [0, 0.05) is 13.5 Å². The van der Waals surface area contributed by atoms with E-state index in [-0.39, 0.29) is 17.4 Å². The van der Waals surface area contributed by atoms with E-state index in [0.29, 0.717) is 12.2 Å². The summed E-state index contributed by atoms with van der Waals surface area (Å²) in [5.74, 6) is 0.399. The van der Waals surface area contributed by atoms with Crippen molar-refractivity contribution in [3.05, 3.63) is 12.0 Å². The zero-order valence-electron chi connectivity index (χ0n) is 9.19. The van der Waals surface area contributed by atoms with Gasteiger partial charge in [-0.25, -0.2) is 13.4 Å². The average molecular weight is 245 g/mol. The topological polar surface area (TPSA) is 116 Å². The number of nitrogens with one attached hydrogen (secondary N) is 2. The van der Waals surface area contributed by atoms with E-state index in [0.717, 1.165) is 4.31 Å². The Morgan fingerprint density at radius 3 is 2.75 bits per heavy atom. The summed E-state index contributed by atoms with van der Waals surface area (Å²) in [6.45, 7) is 1.73. The molecule has 0 fully saturated rings. The van der Waals surface area contributed by atoms with Crippen molar-refractivity contribution in [2.24, 2.45) is 5.73 Å². The highest BCUT2D eigenvalue weighted by Crippen LogP contribution is 2.11. The van der Waals surface area contributed by atoms with Crippen LogP contribution in [0, 0.1) is 5.41 Å². The van der Waals surface area contributed by atoms with Gasteiger partial charge >= 0.3 is 0 Å². The molecule has 8 heteroatoms. The molecule has 0 aromatic carbocycles. The van der Waals surface area contributed by atoms with Crippen molar-refractivity contribution in [2.75, 3.05) is 13.6 Å². The Morgan fingerprint density at radius 1 is 1.69 bits per heavy atom. The standard InChI is InChI=1S/C8H15N5O2S/c1-3-7-11-4-8(12-7)16(14,15)13(2)5-6(9)10/h4H,3,5H2,1-2H3,(H3,9,10)(H,11,12). The normalized spacial score (nSPS) is 11.9. The molecular formula is C8H15N5O2S. The van der Waals surface area contributed by atoms with Crippen molar-refractivity contribution < 1.29 is 8.42 Å². The molecule has 0 saturated heterocycles. The number of nitrogens with two attached hydrogens (primary N) is 1. The van der Waals surface area contributed by atoms with Crippen LogP contribution in [-0.4, -0.2) is 42.1 Å². The summed E-state index contributed by atoms with van der Waals surface area (Å²) in [5, 5.41) is 7.08. The third-order valence-corrected chi connectivity index (χ3v) is 3.73. The number of likely N-dealkylation sites (N-methyl/N-ethyl adjacent to an activating group) is 1. The number of amidine groups is 1. The van der Waals surface area contributed by atoms with Crippen molar-refractivity contribution >= 4 is 15.9 Å². The summed E-state index contributed by atoms with van der Waals surface area (Å²) in [4.78, 5) is 6.62. The number of aryl methyl sites for hydroxylation is 1. The number of imidazole rings is 1. The summed E-state index contributed by atoms with van der Waals surface area (Å²) < 4.78 is 24.8. The van der Waals surface area contributed by atoms with Crippen LogP contribution in [0.5, 0.6) is 0 Å². The Morgan fingerprint density at radius 2 is 2.31 bits per heavy atom. The fourth-order valence-corrected chi connectivity index (χ4v) is 2.22. The maximum atomic E-state index is 11.9. The number of sulfonamides is 1. The highest BCUT2D eigenvalue weighted by atomic mass is 32.2. The van der Waals surface area contributed by atoms with E-state index >= 15 is 0 Å². The average Bonchev–Trinajstić information content (AvgIpc) is 2.65. The minimum absolute atomic E-state index is 0.0214. The van der Waals surface area contributed by atoms with Gasteiger partial charge in [-0.2, -0.15) is 4.31 Å². The van der Waals surface area contributed by atoms with Crippen molar-refractivity contribution in [3.63, 3.8) is 0 Å². The fourth-order valence-electron chi connectivity index (χ4n) is 1.15. The molecule has 0 atom stereocenters. The molecule has 7 nitrogen and oxygen atoms in total. The number of rotatable bonds is 5. The maximum Gasteiger partial charge on any atom is 0.260 e. The number of aromatic amines is 1. The second kappa shape index (κ2) is 4.62. The number of H-pyrrole nitrogens is 1. The third kappa shape index (κ3) is 2.58. The van der Waals surface area contributed by atoms with Crippen molar-refractivity contribution in [3.8, 4) is 0 Å². The molecule has 4 N–H and O–H groups in total. The Bertz CT molecular complexity index is 478. The Balaban J connectivity index is 2.97. The van der Waals surface area contributed by atoms with Crippen LogP contribution in [0.3, 0.4) is 0 Å². The van der Waals surface area contributed by atoms with Gasteiger partial charge in [-0.1, -0.05) is 6.92 Å². The van der Waals surface area contributed by atoms with Crippen LogP contribution in [0.2, 0.25) is 0 Å². The molecule has 0 amide bonds. The Labute approximate surface area is 94.2 Å². The van der Waals surface area contributed by atoms with Crippen LogP contribution in [0.25, 0.3) is 0 Å². The molecule has 1 heterocycles. The first-order valence-electron chi connectivity index (χ1n) is 4.71. The molecule has 0 aliphatic carbocycles. The van der Waals surface area contributed by atoms with E-state index in [2.05, 4.69) is 9.97 Å². The van der Waals surface area contributed by atoms with Gasteiger partial charge in [0.1, 0.15) is 11.7 Å². The number of hydrogen-bond donors (Lipinski definition) is 3. The molecule has 0 aliphatic heterocycles. The maximum absolute atomic E-state index is 11.9. The van der Waals surface area contributed by atoms with Crippen LogP contribution in [0.1, 0.15) is 12.7 Å². The second-order valence-electron chi connectivity index (χ2n) is 3.33. The van der Waals surface area contributed by atoms with E-state index in [4.69, 9.17) is 11.1 Å². The van der Waals surface area contributed by atoms with Gasteiger partial charge in [0.05, 0.1) is 12.7 Å². The monoisotopic (exact) mass is 245 g/mol. The Kier molecular flexibility index (Phi) is 3.66. The first-order chi connectivity index (χ1) is 7.37. The van der Waals surface area contributed by atoms with Crippen molar-refractivity contribution in [1.29, 1.82) is 5.41 Å². The predicted octanol–water partition coefficient (Wildman–Crippen LogP) is -0.471. The van der Waals surface area contributed by atoms with E-state index in [1.54, 1.807) is 0 Å². The van der Waals surface area contributed by atoms with Gasteiger partial charge in [0.15, 0.2) is 5.03 Å². The molecule has 90 valence electrons. The highest BCUT2D eigenvalue weighted by molar-refractivity contribution is 7.89. The van der Waals surface area contributed by atoms with Crippen LogP contribution in [0.15, 0.2) is 11.2 Å². The lowest BCUT2D eigenvalue weighted by molar-refractivity contribution is 0.501. The number of hydrogen-bond acceptors (Lipinski definition) is 4. The van der Waals surface area contributed by atoms with E-state index in [9.17, 15) is 8.42 Å². The minimum Gasteiger partial charge on any atom is -0.387 e. The molecule has 0 aliphatic rings. The zero-order valence-corrected chi connectivity index (χ0v) is 10.0. The summed E-state index contributed by atoms with van der Waals surface area (Å²) >= 11 is 0. The van der Waals surface area contributed by atoms with Gasteiger partial charge < -0.3 is 10.7 Å². The van der Waals surface area contributed by atoms with Crippen LogP contribution >= 0.6 is 0 Å². The molecule has 0 unspecified atom stereocenters. The van der Waals surface area contributed by atoms with E-state index in [1.807, 2.05) is 6.92 Å². The molecular weight excluding hydrogens is 230 g/mol. The number of nitrogens with zero attached hydrogens (tertiary/aromatic N) is 2. The predicted molar refractivity (Wildman–Crippen MR) is 59.7 cm³/mol. The summed E-state index contributed by atoms with van der Waals surface area (Å²) in [7, 11) is -2.26. The summed E-state index contributed by atoms with van der Waals surface area (Å²) in [6.07, 6.45) is 1.90. The molecule has 0 radical (unpaired) electrons. The van der Waals surface area contributed by atoms with Gasteiger partial charge in [-0.15, -0.1) is 0 Å². The lowest BCUT2D eigenvalue weighted by Gasteiger charge is -2.14. The lowest BCUT2D eigenvalue weighted by Crippen LogP contribution is -2.35. The minimum atomic E-state index is -3.63. The quantitative estimate of drug-likeness (QED) is 0.480. The van der Waals surface area contributed by atoms with E-state index < -0.39 is 10.0 Å². The largest absolute Gasteiger partial charge is 0.387 e. The molecule has 0 spiro atoms. The SMILES string of the molecule is CCc1ncc(S(=O)(=O)N(C)CC(=N)N)[nH]1. The Hall–Kier alpha value is -1.41. The molecule has 0 bridgehead atoms. The number of aromatic nitrogens is 2. The second-order valence-corrected chi connectivity index (χ2v) is 5.35. The molecule has 1 aromatic heterocycles. The van der Waals surface area contributed by atoms with Gasteiger partial charge in [0.25, 0.3) is 10.0 Å². The van der Waals surface area contributed by atoms with Crippen LogP contribution in [0.4, 0.5) is 0 Å². The van der Waals surface area contributed by atoms with Crippen molar-refractivity contribution in [2.45, 2.75) is 18.4 Å². The van der Waals surface area contributed by atoms with E-state index in [1.165, 1.54) is 13.2 Å². The first kappa shape index (κ1) is 12.7. The van der Waals surface area contributed by atoms with Crippen LogP contribution in [-0.2, 0) is 16.4 Å². The fraction of sp³-hybridized carbons (Fsp3) is 0.500. The lowest BCUT2D eigenvalue weighted by atomic mass is 10.5. The molecule has 1 rings (SSSR count).